The first-order valence-corrected chi connectivity index (χ1v) is 2.80. The summed E-state index contributed by atoms with van der Waals surface area (Å²) in [5.41, 5.74) is 0. The van der Waals surface area contributed by atoms with Crippen LogP contribution in [-0.4, -0.2) is 6.29 Å². The normalized spacial score (nSPS) is 24.0. The smallest absolute Gasteiger partial charge is 0.121 e. The summed E-state index contributed by atoms with van der Waals surface area (Å²) in [6, 6.07) is 0. The van der Waals surface area contributed by atoms with E-state index >= 15 is 0 Å². The summed E-state index contributed by atoms with van der Waals surface area (Å²) in [7, 11) is 0. The van der Waals surface area contributed by atoms with Gasteiger partial charge in [0, 0.05) is 12.3 Å². The van der Waals surface area contributed by atoms with Crippen LogP contribution in [0.4, 0.5) is 0 Å². The van der Waals surface area contributed by atoms with Crippen molar-refractivity contribution in [1.29, 1.82) is 0 Å². The van der Waals surface area contributed by atoms with Crippen LogP contribution in [-0.2, 0) is 9.53 Å². The van der Waals surface area contributed by atoms with E-state index in [1.165, 1.54) is 0 Å². The van der Waals surface area contributed by atoms with Crippen LogP contribution in [0, 0.1) is 5.92 Å². The van der Waals surface area contributed by atoms with Crippen molar-refractivity contribution >= 4 is 6.29 Å². The molecule has 1 aliphatic rings. The molecule has 0 bridgehead atoms. The number of ether oxygens (including phenoxy) is 1. The van der Waals surface area contributed by atoms with Crippen molar-refractivity contribution in [3.05, 3.63) is 24.7 Å². The van der Waals surface area contributed by atoms with E-state index in [-0.39, 0.29) is 5.92 Å². The molecule has 0 fully saturated rings. The summed E-state index contributed by atoms with van der Waals surface area (Å²) >= 11 is 0. The molecule has 1 aliphatic heterocycles. The molecule has 0 saturated heterocycles. The van der Waals surface area contributed by atoms with Gasteiger partial charge < -0.3 is 9.53 Å². The number of hydrogen-bond acceptors (Lipinski definition) is 2. The van der Waals surface area contributed by atoms with Crippen molar-refractivity contribution in [1.82, 2.24) is 0 Å². The van der Waals surface area contributed by atoms with E-state index in [1.54, 1.807) is 6.26 Å². The molecule has 0 radical (unpaired) electrons. The fraction of sp³-hybridized carbons (Fsp3) is 0.286. The number of hydrogen-bond donors (Lipinski definition) is 0. The quantitative estimate of drug-likeness (QED) is 0.518. The zero-order valence-corrected chi connectivity index (χ0v) is 5.04. The van der Waals surface area contributed by atoms with Gasteiger partial charge in [0.2, 0.25) is 0 Å². The summed E-state index contributed by atoms with van der Waals surface area (Å²) in [6.07, 6.45) is 4.75. The maximum atomic E-state index is 9.98. The molecule has 0 amide bonds. The molecule has 0 aromatic carbocycles. The summed E-state index contributed by atoms with van der Waals surface area (Å²) < 4.78 is 4.88. The lowest BCUT2D eigenvalue weighted by Gasteiger charge is -2.01. The zero-order chi connectivity index (χ0) is 6.69. The third-order valence-electron chi connectivity index (χ3n) is 1.29. The summed E-state index contributed by atoms with van der Waals surface area (Å²) in [6.45, 7) is 3.61. The molecule has 0 aliphatic carbocycles. The van der Waals surface area contributed by atoms with Gasteiger partial charge in [-0.1, -0.05) is 6.58 Å². The Labute approximate surface area is 53.8 Å². The molecular weight excluding hydrogens is 116 g/mol. The first-order valence-electron chi connectivity index (χ1n) is 2.80. The molecule has 2 heteroatoms. The molecule has 0 aromatic heterocycles. The second kappa shape index (κ2) is 2.49. The van der Waals surface area contributed by atoms with Crippen LogP contribution in [0.5, 0.6) is 0 Å². The van der Waals surface area contributed by atoms with E-state index < -0.39 is 0 Å². The van der Waals surface area contributed by atoms with Crippen LogP contribution in [0.2, 0.25) is 0 Å². The average Bonchev–Trinajstić information content (AvgIpc) is 2.18. The molecule has 1 atom stereocenters. The molecule has 0 N–H and O–H groups in total. The van der Waals surface area contributed by atoms with Crippen LogP contribution >= 0.6 is 0 Å². The highest BCUT2D eigenvalue weighted by Gasteiger charge is 2.13. The largest absolute Gasteiger partial charge is 0.470 e. The highest BCUT2D eigenvalue weighted by Crippen LogP contribution is 2.21. The molecule has 1 heterocycles. The van der Waals surface area contributed by atoms with E-state index in [0.29, 0.717) is 12.2 Å². The minimum Gasteiger partial charge on any atom is -0.470 e. The zero-order valence-electron chi connectivity index (χ0n) is 5.04. The van der Waals surface area contributed by atoms with Crippen molar-refractivity contribution in [2.75, 3.05) is 0 Å². The Morgan fingerprint density at radius 1 is 1.89 bits per heavy atom. The molecule has 0 aromatic rings. The number of allylic oxidation sites excluding steroid dienone is 1. The van der Waals surface area contributed by atoms with Gasteiger partial charge >= 0.3 is 0 Å². The van der Waals surface area contributed by atoms with Crippen molar-refractivity contribution in [2.24, 2.45) is 5.92 Å². The molecule has 1 unspecified atom stereocenters. The Balaban J connectivity index is 2.48. The lowest BCUT2D eigenvalue weighted by Crippen LogP contribution is -1.95. The second-order valence-corrected chi connectivity index (χ2v) is 1.92. The molecule has 2 nitrogen and oxygen atoms in total. The first-order chi connectivity index (χ1) is 4.34. The lowest BCUT2D eigenvalue weighted by atomic mass is 10.1. The third-order valence-corrected chi connectivity index (χ3v) is 1.29. The van der Waals surface area contributed by atoms with E-state index in [0.717, 1.165) is 6.29 Å². The van der Waals surface area contributed by atoms with Crippen molar-refractivity contribution < 1.29 is 9.53 Å². The number of rotatable bonds is 2. The van der Waals surface area contributed by atoms with Gasteiger partial charge in [-0.15, -0.1) is 0 Å². The van der Waals surface area contributed by atoms with Crippen molar-refractivity contribution in [2.45, 2.75) is 6.42 Å². The monoisotopic (exact) mass is 124 g/mol. The predicted molar refractivity (Wildman–Crippen MR) is 33.5 cm³/mol. The molecule has 1 rings (SSSR count). The Hall–Kier alpha value is -1.05. The van der Waals surface area contributed by atoms with Crippen LogP contribution in [0.3, 0.4) is 0 Å². The Morgan fingerprint density at radius 3 is 3.11 bits per heavy atom. The Bertz CT molecular complexity index is 158. The maximum absolute atomic E-state index is 9.98. The van der Waals surface area contributed by atoms with Crippen LogP contribution < -0.4 is 0 Å². The number of aldehydes is 1. The van der Waals surface area contributed by atoms with Gasteiger partial charge in [-0.05, 0) is 6.08 Å². The fourth-order valence-corrected chi connectivity index (χ4v) is 0.730. The van der Waals surface area contributed by atoms with Gasteiger partial charge in [-0.2, -0.15) is 0 Å². The molecule has 48 valence electrons. The maximum Gasteiger partial charge on any atom is 0.121 e. The number of carbonyl (C=O) groups is 1. The van der Waals surface area contributed by atoms with Crippen LogP contribution in [0.1, 0.15) is 6.42 Å². The van der Waals surface area contributed by atoms with E-state index in [9.17, 15) is 4.79 Å². The topological polar surface area (TPSA) is 26.3 Å². The van der Waals surface area contributed by atoms with Crippen molar-refractivity contribution in [3.63, 3.8) is 0 Å². The molecule has 9 heavy (non-hydrogen) atoms. The lowest BCUT2D eigenvalue weighted by molar-refractivity contribution is -0.108. The second-order valence-electron chi connectivity index (χ2n) is 1.92. The standard InChI is InChI=1S/C7H8O2/c1-6-7(2-4-8)3-5-9-6/h3-5,7H,1-2H2. The van der Waals surface area contributed by atoms with E-state index in [4.69, 9.17) is 4.74 Å². The predicted octanol–water partition coefficient (Wildman–Crippen LogP) is 1.25. The minimum atomic E-state index is 0.113. The number of carbonyl (C=O) groups excluding carboxylic acids is 1. The van der Waals surface area contributed by atoms with E-state index in [2.05, 4.69) is 6.58 Å². The summed E-state index contributed by atoms with van der Waals surface area (Å²) in [5, 5.41) is 0. The Morgan fingerprint density at radius 2 is 2.67 bits per heavy atom. The summed E-state index contributed by atoms with van der Waals surface area (Å²) in [4.78, 5) is 9.98. The minimum absolute atomic E-state index is 0.113. The van der Waals surface area contributed by atoms with Gasteiger partial charge in [-0.3, -0.25) is 0 Å². The van der Waals surface area contributed by atoms with E-state index in [1.807, 2.05) is 6.08 Å². The van der Waals surface area contributed by atoms with Gasteiger partial charge in [0.25, 0.3) is 0 Å². The fourth-order valence-electron chi connectivity index (χ4n) is 0.730. The molecular formula is C7H8O2. The van der Waals surface area contributed by atoms with Gasteiger partial charge in [-0.25, -0.2) is 0 Å². The summed E-state index contributed by atoms with van der Waals surface area (Å²) in [5.74, 6) is 0.782. The first kappa shape index (κ1) is 6.08. The van der Waals surface area contributed by atoms with Gasteiger partial charge in [0.1, 0.15) is 12.0 Å². The van der Waals surface area contributed by atoms with Crippen LogP contribution in [0.25, 0.3) is 0 Å². The van der Waals surface area contributed by atoms with Gasteiger partial charge in [0.15, 0.2) is 0 Å². The third kappa shape index (κ3) is 1.19. The Kier molecular flexibility index (Phi) is 1.68. The van der Waals surface area contributed by atoms with Crippen LogP contribution in [0.15, 0.2) is 24.7 Å². The molecule has 0 spiro atoms. The highest BCUT2D eigenvalue weighted by atomic mass is 16.5. The highest BCUT2D eigenvalue weighted by molar-refractivity contribution is 5.51. The average molecular weight is 124 g/mol. The SMILES string of the molecule is C=C1OC=CC1CC=O. The molecule has 0 saturated carbocycles. The van der Waals surface area contributed by atoms with Gasteiger partial charge in [0.05, 0.1) is 6.26 Å². The van der Waals surface area contributed by atoms with Crippen molar-refractivity contribution in [3.8, 4) is 0 Å².